The molecule has 0 aliphatic heterocycles. The fourth-order valence-electron chi connectivity index (χ4n) is 0.695. The molecular formula is C7H11N3O. The van der Waals surface area contributed by atoms with Gasteiger partial charge in [-0.25, -0.2) is 0 Å². The summed E-state index contributed by atoms with van der Waals surface area (Å²) in [6.07, 6.45) is 2.45. The van der Waals surface area contributed by atoms with Crippen molar-refractivity contribution in [1.29, 1.82) is 0 Å². The minimum absolute atomic E-state index is 0.178. The van der Waals surface area contributed by atoms with Crippen molar-refractivity contribution in [2.75, 3.05) is 6.54 Å². The van der Waals surface area contributed by atoms with Crippen LogP contribution in [0.3, 0.4) is 0 Å². The van der Waals surface area contributed by atoms with E-state index in [0.29, 0.717) is 5.69 Å². The van der Waals surface area contributed by atoms with Gasteiger partial charge in [-0.2, -0.15) is 0 Å². The molecule has 1 aromatic heterocycles. The summed E-state index contributed by atoms with van der Waals surface area (Å²) in [5, 5.41) is 9.19. The highest BCUT2D eigenvalue weighted by molar-refractivity contribution is 5.03. The van der Waals surface area contributed by atoms with E-state index >= 15 is 0 Å². The van der Waals surface area contributed by atoms with Crippen molar-refractivity contribution in [3.63, 3.8) is 0 Å². The van der Waals surface area contributed by atoms with Crippen LogP contribution >= 0.6 is 0 Å². The highest BCUT2D eigenvalue weighted by Crippen LogP contribution is 2.05. The molecule has 0 bridgehead atoms. The number of aliphatic hydroxyl groups is 1. The lowest BCUT2D eigenvalue weighted by molar-refractivity contribution is 0.181. The van der Waals surface area contributed by atoms with Crippen LogP contribution in [0.1, 0.15) is 17.5 Å². The summed E-state index contributed by atoms with van der Waals surface area (Å²) in [6.45, 7) is 2.02. The Morgan fingerprint density at radius 2 is 2.27 bits per heavy atom. The molecule has 0 aliphatic carbocycles. The normalized spacial score (nSPS) is 13.0. The molecule has 4 heteroatoms. The molecule has 1 rings (SSSR count). The zero-order valence-corrected chi connectivity index (χ0v) is 6.36. The second kappa shape index (κ2) is 3.41. The molecule has 0 fully saturated rings. The summed E-state index contributed by atoms with van der Waals surface area (Å²) < 4.78 is 0. The molecule has 0 unspecified atom stereocenters. The van der Waals surface area contributed by atoms with Crippen molar-refractivity contribution < 1.29 is 5.11 Å². The van der Waals surface area contributed by atoms with Gasteiger partial charge in [0, 0.05) is 12.7 Å². The minimum Gasteiger partial charge on any atom is -0.385 e. The second-order valence-corrected chi connectivity index (χ2v) is 2.33. The molecular weight excluding hydrogens is 142 g/mol. The Morgan fingerprint density at radius 1 is 1.55 bits per heavy atom. The van der Waals surface area contributed by atoms with E-state index in [1.54, 1.807) is 6.20 Å². The first kappa shape index (κ1) is 8.10. The zero-order chi connectivity index (χ0) is 8.27. The quantitative estimate of drug-likeness (QED) is 0.616. The summed E-state index contributed by atoms with van der Waals surface area (Å²) in [6, 6.07) is 0. The monoisotopic (exact) mass is 153 g/mol. The van der Waals surface area contributed by atoms with Gasteiger partial charge in [0.1, 0.15) is 6.10 Å². The van der Waals surface area contributed by atoms with Crippen LogP contribution in [0.15, 0.2) is 12.4 Å². The smallest absolute Gasteiger partial charge is 0.110 e. The van der Waals surface area contributed by atoms with Gasteiger partial charge in [0.05, 0.1) is 17.6 Å². The molecule has 0 amide bonds. The average Bonchev–Trinajstić information content (AvgIpc) is 2.05. The molecule has 0 saturated carbocycles. The lowest BCUT2D eigenvalue weighted by Gasteiger charge is -2.05. The molecule has 0 radical (unpaired) electrons. The average molecular weight is 153 g/mol. The van der Waals surface area contributed by atoms with Crippen molar-refractivity contribution in [2.45, 2.75) is 13.0 Å². The molecule has 0 spiro atoms. The largest absolute Gasteiger partial charge is 0.385 e. The van der Waals surface area contributed by atoms with E-state index < -0.39 is 6.10 Å². The second-order valence-electron chi connectivity index (χ2n) is 2.33. The Morgan fingerprint density at radius 3 is 2.73 bits per heavy atom. The number of hydrogen-bond acceptors (Lipinski definition) is 4. The fraction of sp³-hybridized carbons (Fsp3) is 0.429. The van der Waals surface area contributed by atoms with Gasteiger partial charge in [0.2, 0.25) is 0 Å². The Balaban J connectivity index is 2.81. The predicted molar refractivity (Wildman–Crippen MR) is 40.8 cm³/mol. The molecule has 1 heterocycles. The van der Waals surface area contributed by atoms with Gasteiger partial charge in [0.25, 0.3) is 0 Å². The van der Waals surface area contributed by atoms with Gasteiger partial charge >= 0.3 is 0 Å². The summed E-state index contributed by atoms with van der Waals surface area (Å²) in [5.41, 5.74) is 6.58. The highest BCUT2D eigenvalue weighted by atomic mass is 16.3. The first-order chi connectivity index (χ1) is 5.24. The van der Waals surface area contributed by atoms with Gasteiger partial charge < -0.3 is 10.8 Å². The molecule has 0 aliphatic rings. The number of hydrogen-bond donors (Lipinski definition) is 2. The number of rotatable bonds is 2. The third kappa shape index (κ3) is 1.96. The van der Waals surface area contributed by atoms with E-state index in [0.717, 1.165) is 5.69 Å². The maximum atomic E-state index is 9.19. The molecule has 11 heavy (non-hydrogen) atoms. The molecule has 0 aromatic carbocycles. The van der Waals surface area contributed by atoms with E-state index in [1.807, 2.05) is 6.92 Å². The van der Waals surface area contributed by atoms with Crippen LogP contribution < -0.4 is 5.73 Å². The van der Waals surface area contributed by atoms with E-state index in [2.05, 4.69) is 9.97 Å². The van der Waals surface area contributed by atoms with E-state index in [1.165, 1.54) is 6.20 Å². The van der Waals surface area contributed by atoms with Crippen molar-refractivity contribution in [1.82, 2.24) is 9.97 Å². The van der Waals surface area contributed by atoms with Crippen molar-refractivity contribution in [3.8, 4) is 0 Å². The van der Waals surface area contributed by atoms with E-state index in [9.17, 15) is 5.11 Å². The number of aromatic nitrogens is 2. The Kier molecular flexibility index (Phi) is 2.51. The van der Waals surface area contributed by atoms with Crippen LogP contribution in [-0.2, 0) is 0 Å². The van der Waals surface area contributed by atoms with E-state index in [-0.39, 0.29) is 6.54 Å². The van der Waals surface area contributed by atoms with Gasteiger partial charge in [-0.05, 0) is 6.92 Å². The van der Waals surface area contributed by atoms with Crippen LogP contribution in [0.25, 0.3) is 0 Å². The van der Waals surface area contributed by atoms with Crippen LogP contribution in [0.4, 0.5) is 0 Å². The summed E-state index contributed by atoms with van der Waals surface area (Å²) >= 11 is 0. The first-order valence-corrected chi connectivity index (χ1v) is 3.40. The van der Waals surface area contributed by atoms with Crippen molar-refractivity contribution in [3.05, 3.63) is 23.8 Å². The standard InChI is InChI=1S/C7H11N3O/c1-5-3-10-6(4-9-5)7(11)2-8/h3-4,7,11H,2,8H2,1H3/t7-/m1/s1. The van der Waals surface area contributed by atoms with Crippen LogP contribution in [0, 0.1) is 6.92 Å². The molecule has 60 valence electrons. The Bertz CT molecular complexity index is 222. The van der Waals surface area contributed by atoms with Crippen molar-refractivity contribution in [2.24, 2.45) is 5.73 Å². The SMILES string of the molecule is Cc1cnc([C@H](O)CN)cn1. The fourth-order valence-corrected chi connectivity index (χ4v) is 0.695. The molecule has 1 atom stereocenters. The van der Waals surface area contributed by atoms with Crippen molar-refractivity contribution >= 4 is 0 Å². The lowest BCUT2D eigenvalue weighted by atomic mass is 10.2. The number of nitrogens with two attached hydrogens (primary N) is 1. The summed E-state index contributed by atoms with van der Waals surface area (Å²) in [7, 11) is 0. The molecule has 0 saturated heterocycles. The maximum Gasteiger partial charge on any atom is 0.110 e. The van der Waals surface area contributed by atoms with Gasteiger partial charge in [-0.3, -0.25) is 9.97 Å². The number of nitrogens with zero attached hydrogens (tertiary/aromatic N) is 2. The Labute approximate surface area is 65.1 Å². The third-order valence-corrected chi connectivity index (χ3v) is 1.37. The highest BCUT2D eigenvalue weighted by Gasteiger charge is 2.05. The van der Waals surface area contributed by atoms with Gasteiger partial charge in [-0.15, -0.1) is 0 Å². The van der Waals surface area contributed by atoms with Crippen LogP contribution in [0.5, 0.6) is 0 Å². The van der Waals surface area contributed by atoms with E-state index in [4.69, 9.17) is 5.73 Å². The number of aliphatic hydroxyl groups excluding tert-OH is 1. The summed E-state index contributed by atoms with van der Waals surface area (Å²) in [4.78, 5) is 7.93. The maximum absolute atomic E-state index is 9.19. The zero-order valence-electron chi connectivity index (χ0n) is 6.36. The molecule has 3 N–H and O–H groups in total. The first-order valence-electron chi connectivity index (χ1n) is 3.40. The van der Waals surface area contributed by atoms with Gasteiger partial charge in [-0.1, -0.05) is 0 Å². The minimum atomic E-state index is -0.692. The lowest BCUT2D eigenvalue weighted by Crippen LogP contribution is -2.13. The van der Waals surface area contributed by atoms with Crippen LogP contribution in [0.2, 0.25) is 0 Å². The topological polar surface area (TPSA) is 72.0 Å². The molecule has 1 aromatic rings. The van der Waals surface area contributed by atoms with Gasteiger partial charge in [0.15, 0.2) is 0 Å². The Hall–Kier alpha value is -1.00. The van der Waals surface area contributed by atoms with Crippen LogP contribution in [-0.4, -0.2) is 21.6 Å². The predicted octanol–water partition coefficient (Wildman–Crippen LogP) is -0.223. The molecule has 4 nitrogen and oxygen atoms in total. The summed E-state index contributed by atoms with van der Waals surface area (Å²) in [5.74, 6) is 0. The number of aryl methyl sites for hydroxylation is 1. The third-order valence-electron chi connectivity index (χ3n) is 1.37.